The van der Waals surface area contributed by atoms with Gasteiger partial charge >= 0.3 is 6.18 Å². The van der Waals surface area contributed by atoms with E-state index in [1.54, 1.807) is 24.3 Å². The molecular weight excluding hydrogens is 319 g/mol. The Morgan fingerprint density at radius 2 is 1.41 bits per heavy atom. The van der Waals surface area contributed by atoms with E-state index in [0.29, 0.717) is 11.5 Å². The van der Waals surface area contributed by atoms with Gasteiger partial charge in [-0.2, -0.15) is 13.2 Å². The molecule has 0 fully saturated rings. The van der Waals surface area contributed by atoms with Gasteiger partial charge in [0.1, 0.15) is 11.5 Å². The minimum absolute atomic E-state index is 0. The fraction of sp³-hybridized carbons (Fsp3) is 0.200. The first-order chi connectivity index (χ1) is 9.88. The first-order valence-electron chi connectivity index (χ1n) is 6.21. The third kappa shape index (κ3) is 4.62. The monoisotopic (exact) mass is 333 g/mol. The van der Waals surface area contributed by atoms with Gasteiger partial charge in [0.15, 0.2) is 6.10 Å². The number of nitrogens with two attached hydrogens (primary N) is 1. The summed E-state index contributed by atoms with van der Waals surface area (Å²) in [5, 5.41) is 9.13. The van der Waals surface area contributed by atoms with Crippen LogP contribution in [-0.4, -0.2) is 17.4 Å². The molecule has 3 N–H and O–H groups in total. The summed E-state index contributed by atoms with van der Waals surface area (Å²) >= 11 is 0. The smallest absolute Gasteiger partial charge is 0.416 e. The van der Waals surface area contributed by atoms with Gasteiger partial charge in [0.05, 0.1) is 6.04 Å². The summed E-state index contributed by atoms with van der Waals surface area (Å²) < 4.78 is 42.7. The number of benzene rings is 2. The second-order valence-electron chi connectivity index (χ2n) is 4.50. The van der Waals surface area contributed by atoms with E-state index in [0.717, 1.165) is 0 Å². The van der Waals surface area contributed by atoms with E-state index in [9.17, 15) is 13.2 Å². The van der Waals surface area contributed by atoms with Crippen molar-refractivity contribution in [1.82, 2.24) is 0 Å². The van der Waals surface area contributed by atoms with Crippen molar-refractivity contribution in [3.8, 4) is 11.5 Å². The molecule has 2 atom stereocenters. The summed E-state index contributed by atoms with van der Waals surface area (Å²) in [6.07, 6.45) is -7.35. The van der Waals surface area contributed by atoms with E-state index in [1.165, 1.54) is 24.3 Å². The van der Waals surface area contributed by atoms with Crippen LogP contribution in [0.25, 0.3) is 0 Å². The van der Waals surface area contributed by atoms with E-state index in [1.807, 2.05) is 6.07 Å². The molecule has 0 aliphatic rings. The lowest BCUT2D eigenvalue weighted by atomic mass is 10.0. The highest BCUT2D eigenvalue weighted by molar-refractivity contribution is 5.85. The maximum absolute atomic E-state index is 12.4. The molecule has 7 heteroatoms. The number of halogens is 4. The number of rotatable bonds is 4. The van der Waals surface area contributed by atoms with Crippen LogP contribution < -0.4 is 10.5 Å². The first-order valence-corrected chi connectivity index (χ1v) is 6.21. The molecule has 0 saturated heterocycles. The Hall–Kier alpha value is -1.76. The first kappa shape index (κ1) is 18.3. The SMILES string of the molecule is Cl.N[C@@H](c1ccc(Oc2ccccc2)cc1)[C@H](O)C(F)(F)F. The maximum atomic E-state index is 12.4. The number of alkyl halides is 3. The van der Waals surface area contributed by atoms with Gasteiger partial charge in [0.25, 0.3) is 0 Å². The van der Waals surface area contributed by atoms with Gasteiger partial charge in [-0.3, -0.25) is 0 Å². The summed E-state index contributed by atoms with van der Waals surface area (Å²) in [4.78, 5) is 0. The van der Waals surface area contributed by atoms with Gasteiger partial charge in [0, 0.05) is 0 Å². The van der Waals surface area contributed by atoms with Crippen LogP contribution in [0.5, 0.6) is 11.5 Å². The molecule has 2 aromatic rings. The third-order valence-corrected chi connectivity index (χ3v) is 2.92. The molecule has 2 rings (SSSR count). The molecular formula is C15H15ClF3NO2. The molecule has 0 aromatic heterocycles. The van der Waals surface area contributed by atoms with Crippen LogP contribution in [-0.2, 0) is 0 Å². The second-order valence-corrected chi connectivity index (χ2v) is 4.50. The minimum Gasteiger partial charge on any atom is -0.457 e. The molecule has 0 saturated carbocycles. The standard InChI is InChI=1S/C15H14F3NO2.ClH/c16-15(17,18)14(20)13(19)10-6-8-12(9-7-10)21-11-4-2-1-3-5-11;/h1-9,13-14,20H,19H2;1H/t13-,14-;/m0./s1. The fourth-order valence-electron chi connectivity index (χ4n) is 1.77. The van der Waals surface area contributed by atoms with Gasteiger partial charge in [-0.05, 0) is 29.8 Å². The van der Waals surface area contributed by atoms with Crippen molar-refractivity contribution in [2.75, 3.05) is 0 Å². The number of aliphatic hydroxyl groups excluding tert-OH is 1. The highest BCUT2D eigenvalue weighted by Crippen LogP contribution is 2.30. The summed E-state index contributed by atoms with van der Waals surface area (Å²) in [6, 6.07) is 13.2. The highest BCUT2D eigenvalue weighted by atomic mass is 35.5. The van der Waals surface area contributed by atoms with Crippen molar-refractivity contribution in [1.29, 1.82) is 0 Å². The molecule has 0 heterocycles. The number of hydrogen-bond donors (Lipinski definition) is 2. The van der Waals surface area contributed by atoms with Crippen LogP contribution in [0.4, 0.5) is 13.2 Å². The predicted molar refractivity (Wildman–Crippen MR) is 79.2 cm³/mol. The van der Waals surface area contributed by atoms with E-state index in [2.05, 4.69) is 0 Å². The molecule has 0 spiro atoms. The molecule has 0 bridgehead atoms. The Morgan fingerprint density at radius 1 is 0.909 bits per heavy atom. The average molecular weight is 334 g/mol. The van der Waals surface area contributed by atoms with Crippen LogP contribution in [0, 0.1) is 0 Å². The number of aliphatic hydroxyl groups is 1. The number of para-hydroxylation sites is 1. The van der Waals surface area contributed by atoms with E-state index >= 15 is 0 Å². The van der Waals surface area contributed by atoms with Gasteiger partial charge < -0.3 is 15.6 Å². The maximum Gasteiger partial charge on any atom is 0.416 e. The fourth-order valence-corrected chi connectivity index (χ4v) is 1.77. The highest BCUT2D eigenvalue weighted by Gasteiger charge is 2.42. The Balaban J connectivity index is 0.00000242. The van der Waals surface area contributed by atoms with E-state index in [4.69, 9.17) is 15.6 Å². The lowest BCUT2D eigenvalue weighted by molar-refractivity contribution is -0.210. The van der Waals surface area contributed by atoms with Crippen molar-refractivity contribution < 1.29 is 23.0 Å². The largest absolute Gasteiger partial charge is 0.457 e. The van der Waals surface area contributed by atoms with Gasteiger partial charge in [-0.15, -0.1) is 12.4 Å². The topological polar surface area (TPSA) is 55.5 Å². The Kier molecular flexibility index (Phi) is 6.22. The third-order valence-electron chi connectivity index (χ3n) is 2.92. The zero-order valence-electron chi connectivity index (χ0n) is 11.3. The van der Waals surface area contributed by atoms with Crippen molar-refractivity contribution in [2.24, 2.45) is 5.73 Å². The van der Waals surface area contributed by atoms with Gasteiger partial charge in [-0.25, -0.2) is 0 Å². The molecule has 2 aromatic carbocycles. The molecule has 0 unspecified atom stereocenters. The van der Waals surface area contributed by atoms with Crippen molar-refractivity contribution in [3.05, 3.63) is 60.2 Å². The van der Waals surface area contributed by atoms with Crippen molar-refractivity contribution in [3.63, 3.8) is 0 Å². The molecule has 120 valence electrons. The molecule has 22 heavy (non-hydrogen) atoms. The normalized spacial score (nSPS) is 13.9. The van der Waals surface area contributed by atoms with Crippen LogP contribution >= 0.6 is 12.4 Å². The van der Waals surface area contributed by atoms with Gasteiger partial charge in [0.2, 0.25) is 0 Å². The van der Waals surface area contributed by atoms with Gasteiger partial charge in [-0.1, -0.05) is 30.3 Å². The van der Waals surface area contributed by atoms with Crippen molar-refractivity contribution in [2.45, 2.75) is 18.3 Å². The molecule has 0 radical (unpaired) electrons. The Bertz CT molecular complexity index is 576. The molecule has 3 nitrogen and oxygen atoms in total. The number of hydrogen-bond acceptors (Lipinski definition) is 3. The molecule has 0 aliphatic carbocycles. The Labute approximate surface area is 131 Å². The van der Waals surface area contributed by atoms with Crippen molar-refractivity contribution >= 4 is 12.4 Å². The average Bonchev–Trinajstić information content (AvgIpc) is 2.46. The zero-order valence-corrected chi connectivity index (χ0v) is 12.1. The second kappa shape index (κ2) is 7.49. The summed E-state index contributed by atoms with van der Waals surface area (Å²) in [6.45, 7) is 0. The summed E-state index contributed by atoms with van der Waals surface area (Å²) in [5.74, 6) is 1.09. The lowest BCUT2D eigenvalue weighted by Gasteiger charge is -2.21. The number of ether oxygens (including phenoxy) is 1. The quantitative estimate of drug-likeness (QED) is 0.894. The summed E-state index contributed by atoms with van der Waals surface area (Å²) in [7, 11) is 0. The Morgan fingerprint density at radius 3 is 1.91 bits per heavy atom. The van der Waals surface area contributed by atoms with Crippen LogP contribution in [0.2, 0.25) is 0 Å². The lowest BCUT2D eigenvalue weighted by Crippen LogP contribution is -2.38. The predicted octanol–water partition coefficient (Wildman–Crippen LogP) is 3.82. The van der Waals surface area contributed by atoms with Crippen LogP contribution in [0.3, 0.4) is 0 Å². The molecule has 0 amide bonds. The molecule has 0 aliphatic heterocycles. The van der Waals surface area contributed by atoms with E-state index < -0.39 is 18.3 Å². The minimum atomic E-state index is -4.75. The van der Waals surface area contributed by atoms with Crippen LogP contribution in [0.1, 0.15) is 11.6 Å². The summed E-state index contributed by atoms with van der Waals surface area (Å²) in [5.41, 5.74) is 5.60. The zero-order chi connectivity index (χ0) is 15.5. The van der Waals surface area contributed by atoms with Crippen LogP contribution in [0.15, 0.2) is 54.6 Å². The van der Waals surface area contributed by atoms with E-state index in [-0.39, 0.29) is 18.0 Å².